The molecule has 0 fully saturated rings. The molecule has 6 nitrogen and oxygen atoms in total. The van der Waals surface area contributed by atoms with Crippen molar-refractivity contribution in [1.82, 2.24) is 4.72 Å². The number of rotatable bonds is 5. The maximum Gasteiger partial charge on any atom is 0.274 e. The van der Waals surface area contributed by atoms with Gasteiger partial charge < -0.3 is 4.74 Å². The highest BCUT2D eigenvalue weighted by Crippen LogP contribution is 2.19. The molecule has 0 aliphatic carbocycles. The van der Waals surface area contributed by atoms with Gasteiger partial charge in [-0.1, -0.05) is 17.7 Å². The minimum absolute atomic E-state index is 0.0249. The number of nitriles is 1. The predicted molar refractivity (Wildman–Crippen MR) is 88.0 cm³/mol. The molecule has 9 heteroatoms. The quantitative estimate of drug-likeness (QED) is 0.857. The van der Waals surface area contributed by atoms with Crippen LogP contribution in [0, 0.1) is 17.1 Å². The molecule has 0 aromatic heterocycles. The summed E-state index contributed by atoms with van der Waals surface area (Å²) in [6, 6.07) is 10.9. The molecule has 0 saturated heterocycles. The molecule has 2 aromatic carbocycles. The van der Waals surface area contributed by atoms with Crippen molar-refractivity contribution in [1.29, 1.82) is 5.26 Å². The molecule has 1 atom stereocenters. The first-order valence-corrected chi connectivity index (χ1v) is 8.77. The van der Waals surface area contributed by atoms with E-state index < -0.39 is 32.7 Å². The van der Waals surface area contributed by atoms with Crippen LogP contribution in [-0.4, -0.2) is 20.4 Å². The fourth-order valence-electron chi connectivity index (χ4n) is 1.86. The van der Waals surface area contributed by atoms with Gasteiger partial charge in [-0.3, -0.25) is 4.79 Å². The fourth-order valence-corrected chi connectivity index (χ4v) is 3.12. The van der Waals surface area contributed by atoms with Gasteiger partial charge >= 0.3 is 0 Å². The Morgan fingerprint density at radius 2 is 2.04 bits per heavy atom. The highest BCUT2D eigenvalue weighted by Gasteiger charge is 2.25. The zero-order valence-electron chi connectivity index (χ0n) is 12.9. The Labute approximate surface area is 148 Å². The van der Waals surface area contributed by atoms with E-state index in [0.29, 0.717) is 5.56 Å². The molecule has 0 saturated carbocycles. The van der Waals surface area contributed by atoms with Crippen molar-refractivity contribution in [3.63, 3.8) is 0 Å². The van der Waals surface area contributed by atoms with Gasteiger partial charge in [0.25, 0.3) is 15.9 Å². The fraction of sp³-hybridized carbons (Fsp3) is 0.125. The van der Waals surface area contributed by atoms with Crippen LogP contribution in [0.3, 0.4) is 0 Å². The van der Waals surface area contributed by atoms with Gasteiger partial charge in [0.1, 0.15) is 16.5 Å². The molecule has 0 aliphatic rings. The van der Waals surface area contributed by atoms with Crippen molar-refractivity contribution < 1.29 is 22.3 Å². The maximum atomic E-state index is 13.8. The minimum Gasteiger partial charge on any atom is -0.481 e. The molecule has 0 heterocycles. The van der Waals surface area contributed by atoms with Crippen molar-refractivity contribution >= 4 is 27.5 Å². The molecular weight excluding hydrogens is 371 g/mol. The van der Waals surface area contributed by atoms with E-state index >= 15 is 0 Å². The molecule has 1 unspecified atom stereocenters. The van der Waals surface area contributed by atoms with Gasteiger partial charge in [0, 0.05) is 5.02 Å². The Hall–Kier alpha value is -2.63. The number of halogens is 2. The number of hydrogen-bond donors (Lipinski definition) is 1. The first kappa shape index (κ1) is 18.7. The zero-order valence-corrected chi connectivity index (χ0v) is 14.4. The van der Waals surface area contributed by atoms with Crippen molar-refractivity contribution in [2.24, 2.45) is 0 Å². The Morgan fingerprint density at radius 3 is 2.68 bits per heavy atom. The highest BCUT2D eigenvalue weighted by atomic mass is 35.5. The Morgan fingerprint density at radius 1 is 1.32 bits per heavy atom. The second-order valence-corrected chi connectivity index (χ2v) is 7.03. The lowest BCUT2D eigenvalue weighted by molar-refractivity contribution is -0.125. The van der Waals surface area contributed by atoms with E-state index in [2.05, 4.69) is 0 Å². The summed E-state index contributed by atoms with van der Waals surface area (Å²) >= 11 is 5.57. The molecule has 0 radical (unpaired) electrons. The summed E-state index contributed by atoms with van der Waals surface area (Å²) in [5, 5.41) is 8.85. The molecule has 1 amide bonds. The van der Waals surface area contributed by atoms with Crippen molar-refractivity contribution in [2.45, 2.75) is 17.9 Å². The molecule has 25 heavy (non-hydrogen) atoms. The lowest BCUT2D eigenvalue weighted by Crippen LogP contribution is -2.40. The molecule has 130 valence electrons. The molecule has 2 aromatic rings. The third kappa shape index (κ3) is 4.68. The summed E-state index contributed by atoms with van der Waals surface area (Å²) in [4.78, 5) is 11.3. The first-order valence-electron chi connectivity index (χ1n) is 6.91. The Balaban J connectivity index is 2.13. The Bertz CT molecular complexity index is 957. The number of amides is 1. The SMILES string of the molecule is CC(Oc1cccc(C#N)c1)C(=O)NS(=O)(=O)c1ccc(Cl)cc1F. The summed E-state index contributed by atoms with van der Waals surface area (Å²) in [5.74, 6) is -1.85. The van der Waals surface area contributed by atoms with Gasteiger partial charge in [-0.05, 0) is 43.3 Å². The average molecular weight is 383 g/mol. The van der Waals surface area contributed by atoms with Crippen LogP contribution < -0.4 is 9.46 Å². The largest absolute Gasteiger partial charge is 0.481 e. The van der Waals surface area contributed by atoms with Gasteiger partial charge in [-0.15, -0.1) is 0 Å². The van der Waals surface area contributed by atoms with E-state index in [1.165, 1.54) is 25.1 Å². The molecule has 0 spiro atoms. The smallest absolute Gasteiger partial charge is 0.274 e. The predicted octanol–water partition coefficient (Wildman–Crippen LogP) is 2.62. The number of carbonyl (C=O) groups is 1. The number of ether oxygens (including phenoxy) is 1. The van der Waals surface area contributed by atoms with Gasteiger partial charge in [0.15, 0.2) is 6.10 Å². The minimum atomic E-state index is -4.42. The maximum absolute atomic E-state index is 13.8. The lowest BCUT2D eigenvalue weighted by atomic mass is 10.2. The number of sulfonamides is 1. The van der Waals surface area contributed by atoms with E-state index in [0.717, 1.165) is 12.1 Å². The van der Waals surface area contributed by atoms with E-state index in [9.17, 15) is 17.6 Å². The van der Waals surface area contributed by atoms with E-state index in [4.69, 9.17) is 21.6 Å². The monoisotopic (exact) mass is 382 g/mol. The second kappa shape index (κ2) is 7.51. The second-order valence-electron chi connectivity index (χ2n) is 4.94. The van der Waals surface area contributed by atoms with Crippen LogP contribution in [0.5, 0.6) is 5.75 Å². The number of hydrogen-bond acceptors (Lipinski definition) is 5. The van der Waals surface area contributed by atoms with Crippen LogP contribution in [-0.2, 0) is 14.8 Å². The zero-order chi connectivity index (χ0) is 18.6. The summed E-state index contributed by atoms with van der Waals surface area (Å²) in [6.45, 7) is 1.32. The number of carbonyl (C=O) groups excluding carboxylic acids is 1. The van der Waals surface area contributed by atoms with E-state index in [-0.39, 0.29) is 10.8 Å². The normalized spacial score (nSPS) is 12.1. The van der Waals surface area contributed by atoms with E-state index in [1.54, 1.807) is 16.9 Å². The van der Waals surface area contributed by atoms with Crippen LogP contribution >= 0.6 is 11.6 Å². The third-order valence-electron chi connectivity index (χ3n) is 3.06. The van der Waals surface area contributed by atoms with Crippen LogP contribution in [0.4, 0.5) is 4.39 Å². The summed E-state index contributed by atoms with van der Waals surface area (Å²) in [5.41, 5.74) is 0.320. The lowest BCUT2D eigenvalue weighted by Gasteiger charge is -2.15. The average Bonchev–Trinajstić information content (AvgIpc) is 2.54. The summed E-state index contributed by atoms with van der Waals surface area (Å²) in [6.07, 6.45) is -1.20. The third-order valence-corrected chi connectivity index (χ3v) is 4.68. The van der Waals surface area contributed by atoms with Crippen LogP contribution in [0.25, 0.3) is 0 Å². The van der Waals surface area contributed by atoms with Crippen LogP contribution in [0.1, 0.15) is 12.5 Å². The summed E-state index contributed by atoms with van der Waals surface area (Å²) < 4.78 is 45.0. The topological polar surface area (TPSA) is 96.3 Å². The molecule has 1 N–H and O–H groups in total. The molecule has 0 aliphatic heterocycles. The molecule has 0 bridgehead atoms. The first-order chi connectivity index (χ1) is 11.7. The van der Waals surface area contributed by atoms with Crippen molar-refractivity contribution in [2.75, 3.05) is 0 Å². The highest BCUT2D eigenvalue weighted by molar-refractivity contribution is 7.90. The molecule has 2 rings (SSSR count). The van der Waals surface area contributed by atoms with Gasteiger partial charge in [-0.25, -0.2) is 17.5 Å². The number of benzene rings is 2. The van der Waals surface area contributed by atoms with Crippen molar-refractivity contribution in [3.8, 4) is 11.8 Å². The Kier molecular flexibility index (Phi) is 5.62. The van der Waals surface area contributed by atoms with Crippen LogP contribution in [0.15, 0.2) is 47.4 Å². The van der Waals surface area contributed by atoms with Gasteiger partial charge in [0.2, 0.25) is 0 Å². The number of nitrogens with one attached hydrogen (secondary N) is 1. The summed E-state index contributed by atoms with van der Waals surface area (Å²) in [7, 11) is -4.42. The number of nitrogens with zero attached hydrogens (tertiary/aromatic N) is 1. The molecular formula is C16H12ClFN2O4S. The van der Waals surface area contributed by atoms with Gasteiger partial charge in [-0.2, -0.15) is 5.26 Å². The van der Waals surface area contributed by atoms with Crippen LogP contribution in [0.2, 0.25) is 5.02 Å². The van der Waals surface area contributed by atoms with E-state index in [1.807, 2.05) is 6.07 Å². The van der Waals surface area contributed by atoms with Crippen molar-refractivity contribution in [3.05, 3.63) is 58.9 Å². The van der Waals surface area contributed by atoms with Gasteiger partial charge in [0.05, 0.1) is 11.6 Å². The standard InChI is InChI=1S/C16H12ClFN2O4S/c1-10(24-13-4-2-3-11(7-13)9-19)16(21)20-25(22,23)15-6-5-12(17)8-14(15)18/h2-8,10H,1H3,(H,20,21).